The van der Waals surface area contributed by atoms with Gasteiger partial charge in [-0.05, 0) is 51.3 Å². The Labute approximate surface area is 133 Å². The second-order valence-corrected chi connectivity index (χ2v) is 5.96. The molecule has 0 saturated carbocycles. The van der Waals surface area contributed by atoms with E-state index < -0.39 is 6.10 Å². The molecule has 4 nitrogen and oxygen atoms in total. The minimum atomic E-state index is -0.396. The molecule has 1 heterocycles. The molecule has 1 fully saturated rings. The van der Waals surface area contributed by atoms with Gasteiger partial charge in [-0.15, -0.1) is 0 Å². The Morgan fingerprint density at radius 3 is 2.91 bits per heavy atom. The van der Waals surface area contributed by atoms with E-state index in [1.54, 1.807) is 0 Å². The van der Waals surface area contributed by atoms with E-state index in [9.17, 15) is 9.90 Å². The van der Waals surface area contributed by atoms with Gasteiger partial charge in [-0.3, -0.25) is 4.79 Å². The summed E-state index contributed by atoms with van der Waals surface area (Å²) in [6.07, 6.45) is 3.27. The van der Waals surface area contributed by atoms with Crippen LogP contribution in [0.3, 0.4) is 0 Å². The first-order valence-corrected chi connectivity index (χ1v) is 8.32. The van der Waals surface area contributed by atoms with Crippen LogP contribution in [-0.4, -0.2) is 42.2 Å². The van der Waals surface area contributed by atoms with E-state index in [-0.39, 0.29) is 11.9 Å². The third-order valence-corrected chi connectivity index (χ3v) is 4.26. The van der Waals surface area contributed by atoms with Gasteiger partial charge >= 0.3 is 5.97 Å². The number of piperidine rings is 1. The van der Waals surface area contributed by atoms with Crippen molar-refractivity contribution >= 4 is 5.97 Å². The second kappa shape index (κ2) is 8.91. The molecule has 1 unspecified atom stereocenters. The molecule has 1 saturated heterocycles. The Kier molecular flexibility index (Phi) is 6.87. The maximum atomic E-state index is 11.8. The summed E-state index contributed by atoms with van der Waals surface area (Å²) in [5.41, 5.74) is 0.977. The first-order chi connectivity index (χ1) is 10.7. The summed E-state index contributed by atoms with van der Waals surface area (Å²) in [5, 5.41) is 10.2. The lowest BCUT2D eigenvalue weighted by molar-refractivity contribution is -0.149. The van der Waals surface area contributed by atoms with Crippen molar-refractivity contribution in [2.75, 3.05) is 26.2 Å². The van der Waals surface area contributed by atoms with E-state index >= 15 is 0 Å². The van der Waals surface area contributed by atoms with Gasteiger partial charge in [-0.2, -0.15) is 0 Å². The molecule has 2 atom stereocenters. The van der Waals surface area contributed by atoms with Crippen LogP contribution in [0.1, 0.15) is 44.3 Å². The van der Waals surface area contributed by atoms with Gasteiger partial charge in [0, 0.05) is 6.54 Å². The normalized spacial score (nSPS) is 20.5. The largest absolute Gasteiger partial charge is 0.466 e. The highest BCUT2D eigenvalue weighted by molar-refractivity contribution is 5.72. The van der Waals surface area contributed by atoms with E-state index in [1.165, 1.54) is 0 Å². The summed E-state index contributed by atoms with van der Waals surface area (Å²) in [6, 6.07) is 9.78. The lowest BCUT2D eigenvalue weighted by atomic mass is 9.97. The SMILES string of the molecule is CCOC(=O)C1CCCN(CCC[C@H](O)c2ccccc2)C1. The van der Waals surface area contributed by atoms with Crippen LogP contribution in [0.5, 0.6) is 0 Å². The van der Waals surface area contributed by atoms with Gasteiger partial charge in [-0.1, -0.05) is 30.3 Å². The number of rotatable bonds is 7. The standard InChI is InChI=1S/C18H27NO3/c1-2-22-18(21)16-10-6-12-19(14-16)13-7-11-17(20)15-8-4-3-5-9-15/h3-5,8-9,16-17,20H,2,6-7,10-14H2,1H3/t16?,17-/m0/s1. The molecule has 2 rings (SSSR count). The van der Waals surface area contributed by atoms with Crippen molar-refractivity contribution in [1.29, 1.82) is 0 Å². The summed E-state index contributed by atoms with van der Waals surface area (Å²) in [6.45, 7) is 5.07. The fourth-order valence-corrected chi connectivity index (χ4v) is 3.06. The molecule has 0 bridgehead atoms. The molecule has 4 heteroatoms. The predicted molar refractivity (Wildman–Crippen MR) is 86.4 cm³/mol. The van der Waals surface area contributed by atoms with Gasteiger partial charge in [-0.25, -0.2) is 0 Å². The van der Waals surface area contributed by atoms with Gasteiger partial charge in [0.2, 0.25) is 0 Å². The van der Waals surface area contributed by atoms with Gasteiger partial charge in [0.1, 0.15) is 0 Å². The van der Waals surface area contributed by atoms with Crippen molar-refractivity contribution in [1.82, 2.24) is 4.90 Å². The maximum Gasteiger partial charge on any atom is 0.310 e. The molecule has 0 radical (unpaired) electrons. The number of aliphatic hydroxyl groups excluding tert-OH is 1. The Bertz CT molecular complexity index is 449. The lowest BCUT2D eigenvalue weighted by Crippen LogP contribution is -2.39. The van der Waals surface area contributed by atoms with Gasteiger partial charge in [0.05, 0.1) is 18.6 Å². The van der Waals surface area contributed by atoms with Crippen LogP contribution in [0.4, 0.5) is 0 Å². The van der Waals surface area contributed by atoms with Crippen molar-refractivity contribution in [2.45, 2.75) is 38.7 Å². The number of esters is 1. The average Bonchev–Trinajstić information content (AvgIpc) is 2.56. The molecule has 1 aliphatic heterocycles. The maximum absolute atomic E-state index is 11.8. The Morgan fingerprint density at radius 2 is 2.18 bits per heavy atom. The summed E-state index contributed by atoms with van der Waals surface area (Å²) in [5.74, 6) is -0.0377. The first kappa shape index (κ1) is 17.0. The molecule has 0 aromatic heterocycles. The fraction of sp³-hybridized carbons (Fsp3) is 0.611. The number of carbonyl (C=O) groups is 1. The van der Waals surface area contributed by atoms with Crippen molar-refractivity contribution in [2.24, 2.45) is 5.92 Å². The van der Waals surface area contributed by atoms with Crippen LogP contribution < -0.4 is 0 Å². The van der Waals surface area contributed by atoms with Crippen LogP contribution in [-0.2, 0) is 9.53 Å². The fourth-order valence-electron chi connectivity index (χ4n) is 3.06. The lowest BCUT2D eigenvalue weighted by Gasteiger charge is -2.31. The van der Waals surface area contributed by atoms with E-state index in [4.69, 9.17) is 4.74 Å². The number of benzene rings is 1. The highest BCUT2D eigenvalue weighted by Crippen LogP contribution is 2.21. The van der Waals surface area contributed by atoms with Crippen molar-refractivity contribution in [3.63, 3.8) is 0 Å². The summed E-state index contributed by atoms with van der Waals surface area (Å²) >= 11 is 0. The Balaban J connectivity index is 1.71. The molecule has 1 N–H and O–H groups in total. The van der Waals surface area contributed by atoms with Crippen LogP contribution in [0.2, 0.25) is 0 Å². The molecule has 0 amide bonds. The first-order valence-electron chi connectivity index (χ1n) is 8.32. The zero-order valence-corrected chi connectivity index (χ0v) is 13.4. The molecule has 22 heavy (non-hydrogen) atoms. The van der Waals surface area contributed by atoms with Crippen LogP contribution in [0.15, 0.2) is 30.3 Å². The quantitative estimate of drug-likeness (QED) is 0.787. The van der Waals surface area contributed by atoms with Crippen molar-refractivity contribution < 1.29 is 14.6 Å². The van der Waals surface area contributed by atoms with Crippen molar-refractivity contribution in [3.05, 3.63) is 35.9 Å². The third-order valence-electron chi connectivity index (χ3n) is 4.26. The number of ether oxygens (including phenoxy) is 1. The van der Waals surface area contributed by atoms with E-state index in [1.807, 2.05) is 37.3 Å². The van der Waals surface area contributed by atoms with Gasteiger partial charge in [0.15, 0.2) is 0 Å². The molecule has 122 valence electrons. The van der Waals surface area contributed by atoms with Crippen LogP contribution >= 0.6 is 0 Å². The molecular weight excluding hydrogens is 278 g/mol. The van der Waals surface area contributed by atoms with E-state index in [2.05, 4.69) is 4.90 Å². The van der Waals surface area contributed by atoms with Crippen LogP contribution in [0, 0.1) is 5.92 Å². The molecule has 1 aromatic carbocycles. The second-order valence-electron chi connectivity index (χ2n) is 5.96. The highest BCUT2D eigenvalue weighted by atomic mass is 16.5. The monoisotopic (exact) mass is 305 g/mol. The highest BCUT2D eigenvalue weighted by Gasteiger charge is 2.26. The number of hydrogen-bond donors (Lipinski definition) is 1. The molecule has 0 spiro atoms. The third kappa shape index (κ3) is 5.11. The zero-order valence-electron chi connectivity index (χ0n) is 13.4. The molecule has 0 aliphatic carbocycles. The topological polar surface area (TPSA) is 49.8 Å². The number of hydrogen-bond acceptors (Lipinski definition) is 4. The van der Waals surface area contributed by atoms with Crippen LogP contribution in [0.25, 0.3) is 0 Å². The molecule has 1 aromatic rings. The minimum Gasteiger partial charge on any atom is -0.466 e. The van der Waals surface area contributed by atoms with E-state index in [0.717, 1.165) is 50.9 Å². The number of nitrogens with zero attached hydrogens (tertiary/aromatic N) is 1. The van der Waals surface area contributed by atoms with Gasteiger partial charge in [0.25, 0.3) is 0 Å². The van der Waals surface area contributed by atoms with Crippen molar-refractivity contribution in [3.8, 4) is 0 Å². The average molecular weight is 305 g/mol. The van der Waals surface area contributed by atoms with Gasteiger partial charge < -0.3 is 14.7 Å². The molecular formula is C18H27NO3. The van der Waals surface area contributed by atoms with E-state index in [0.29, 0.717) is 6.61 Å². The summed E-state index contributed by atoms with van der Waals surface area (Å²) < 4.78 is 5.12. The predicted octanol–water partition coefficient (Wildman–Crippen LogP) is 2.78. The Hall–Kier alpha value is -1.39. The number of likely N-dealkylation sites (tertiary alicyclic amines) is 1. The molecule has 1 aliphatic rings. The summed E-state index contributed by atoms with van der Waals surface area (Å²) in [4.78, 5) is 14.1. The minimum absolute atomic E-state index is 0.0211. The zero-order chi connectivity index (χ0) is 15.8. The number of aliphatic hydroxyl groups is 1. The number of carbonyl (C=O) groups excluding carboxylic acids is 1. The summed E-state index contributed by atoms with van der Waals surface area (Å²) in [7, 11) is 0. The smallest absolute Gasteiger partial charge is 0.310 e. The Morgan fingerprint density at radius 1 is 1.41 bits per heavy atom.